The minimum atomic E-state index is -0.892. The smallest absolute Gasteiger partial charge is 0.322 e. The van der Waals surface area contributed by atoms with E-state index in [0.29, 0.717) is 5.02 Å². The number of carbonyl (C=O) groups is 1. The summed E-state index contributed by atoms with van der Waals surface area (Å²) in [5, 5.41) is 11.8. The van der Waals surface area contributed by atoms with Crippen molar-refractivity contribution in [3.05, 3.63) is 28.8 Å². The van der Waals surface area contributed by atoms with E-state index in [1.807, 2.05) is 13.0 Å². The Bertz CT molecular complexity index is 325. The highest BCUT2D eigenvalue weighted by molar-refractivity contribution is 6.31. The van der Waals surface area contributed by atoms with Gasteiger partial charge in [-0.25, -0.2) is 0 Å². The first-order valence-electron chi connectivity index (χ1n) is 3.81. The molecule has 13 heavy (non-hydrogen) atoms. The fourth-order valence-electron chi connectivity index (χ4n) is 0.880. The zero-order valence-corrected chi connectivity index (χ0v) is 7.93. The van der Waals surface area contributed by atoms with E-state index in [2.05, 4.69) is 5.32 Å². The Hall–Kier alpha value is -1.22. The van der Waals surface area contributed by atoms with Gasteiger partial charge in [-0.05, 0) is 24.6 Å². The van der Waals surface area contributed by atoms with Crippen molar-refractivity contribution in [2.75, 3.05) is 11.9 Å². The van der Waals surface area contributed by atoms with E-state index in [1.165, 1.54) is 0 Å². The van der Waals surface area contributed by atoms with Gasteiger partial charge in [0, 0.05) is 10.7 Å². The number of anilines is 1. The van der Waals surface area contributed by atoms with Gasteiger partial charge >= 0.3 is 5.97 Å². The molecule has 0 aliphatic carbocycles. The third kappa shape index (κ3) is 2.95. The van der Waals surface area contributed by atoms with Crippen molar-refractivity contribution in [1.29, 1.82) is 0 Å². The van der Waals surface area contributed by atoms with Crippen LogP contribution in [0.4, 0.5) is 5.69 Å². The Morgan fingerprint density at radius 3 is 2.85 bits per heavy atom. The summed E-state index contributed by atoms with van der Waals surface area (Å²) in [7, 11) is 0. The molecule has 0 saturated heterocycles. The SMILES string of the molecule is Cc1ccc(NCC(=O)O)cc1Cl. The molecule has 0 aliphatic heterocycles. The van der Waals surface area contributed by atoms with E-state index in [-0.39, 0.29) is 6.54 Å². The summed E-state index contributed by atoms with van der Waals surface area (Å²) in [6, 6.07) is 5.34. The van der Waals surface area contributed by atoms with Crippen LogP contribution in [0.25, 0.3) is 0 Å². The van der Waals surface area contributed by atoms with Gasteiger partial charge in [-0.2, -0.15) is 0 Å². The van der Waals surface area contributed by atoms with E-state index in [0.717, 1.165) is 11.3 Å². The van der Waals surface area contributed by atoms with Crippen LogP contribution in [-0.2, 0) is 4.79 Å². The lowest BCUT2D eigenvalue weighted by atomic mass is 10.2. The Morgan fingerprint density at radius 1 is 1.62 bits per heavy atom. The number of hydrogen-bond donors (Lipinski definition) is 2. The quantitative estimate of drug-likeness (QED) is 0.784. The van der Waals surface area contributed by atoms with Crippen molar-refractivity contribution >= 4 is 23.3 Å². The van der Waals surface area contributed by atoms with Crippen LogP contribution in [-0.4, -0.2) is 17.6 Å². The van der Waals surface area contributed by atoms with Gasteiger partial charge in [0.15, 0.2) is 0 Å². The molecule has 1 rings (SSSR count). The van der Waals surface area contributed by atoms with Gasteiger partial charge < -0.3 is 10.4 Å². The lowest BCUT2D eigenvalue weighted by Crippen LogP contribution is -2.12. The summed E-state index contributed by atoms with van der Waals surface area (Å²) >= 11 is 5.84. The molecule has 0 saturated carbocycles. The van der Waals surface area contributed by atoms with Crippen LogP contribution >= 0.6 is 11.6 Å². The normalized spacial score (nSPS) is 9.69. The molecule has 0 amide bonds. The first kappa shape index (κ1) is 9.86. The van der Waals surface area contributed by atoms with Crippen molar-refractivity contribution in [3.8, 4) is 0 Å². The highest BCUT2D eigenvalue weighted by Gasteiger charge is 1.99. The molecule has 0 bridgehead atoms. The van der Waals surface area contributed by atoms with E-state index < -0.39 is 5.97 Å². The number of hydrogen-bond acceptors (Lipinski definition) is 2. The third-order valence-electron chi connectivity index (χ3n) is 1.62. The van der Waals surface area contributed by atoms with Gasteiger partial charge in [-0.1, -0.05) is 17.7 Å². The number of benzene rings is 1. The van der Waals surface area contributed by atoms with Gasteiger partial charge in [0.2, 0.25) is 0 Å². The van der Waals surface area contributed by atoms with Crippen LogP contribution in [0.3, 0.4) is 0 Å². The molecule has 3 nitrogen and oxygen atoms in total. The average molecular weight is 200 g/mol. The van der Waals surface area contributed by atoms with E-state index >= 15 is 0 Å². The Balaban J connectivity index is 2.68. The van der Waals surface area contributed by atoms with Gasteiger partial charge in [-0.15, -0.1) is 0 Å². The van der Waals surface area contributed by atoms with Crippen LogP contribution in [0.15, 0.2) is 18.2 Å². The maximum absolute atomic E-state index is 10.2. The second-order valence-corrected chi connectivity index (χ2v) is 3.12. The lowest BCUT2D eigenvalue weighted by molar-refractivity contribution is -0.134. The number of halogens is 1. The van der Waals surface area contributed by atoms with Crippen molar-refractivity contribution in [2.24, 2.45) is 0 Å². The molecule has 0 heterocycles. The summed E-state index contributed by atoms with van der Waals surface area (Å²) in [6.07, 6.45) is 0. The van der Waals surface area contributed by atoms with Gasteiger partial charge in [0.1, 0.15) is 6.54 Å². The fourth-order valence-corrected chi connectivity index (χ4v) is 1.06. The van der Waals surface area contributed by atoms with Crippen molar-refractivity contribution in [2.45, 2.75) is 6.92 Å². The van der Waals surface area contributed by atoms with Crippen LogP contribution in [0.5, 0.6) is 0 Å². The fraction of sp³-hybridized carbons (Fsp3) is 0.222. The van der Waals surface area contributed by atoms with Crippen molar-refractivity contribution in [1.82, 2.24) is 0 Å². The van der Waals surface area contributed by atoms with Crippen molar-refractivity contribution < 1.29 is 9.90 Å². The Labute approximate surface area is 81.3 Å². The molecular formula is C9H10ClNO2. The zero-order chi connectivity index (χ0) is 9.84. The number of carboxylic acids is 1. The Morgan fingerprint density at radius 2 is 2.31 bits per heavy atom. The summed E-state index contributed by atoms with van der Waals surface area (Å²) in [5.74, 6) is -0.892. The second kappa shape index (κ2) is 4.14. The predicted octanol–water partition coefficient (Wildman–Crippen LogP) is 2.14. The highest BCUT2D eigenvalue weighted by atomic mass is 35.5. The van der Waals surface area contributed by atoms with E-state index in [9.17, 15) is 4.79 Å². The Kier molecular flexibility index (Phi) is 3.14. The monoisotopic (exact) mass is 199 g/mol. The molecule has 1 aromatic rings. The molecule has 2 N–H and O–H groups in total. The third-order valence-corrected chi connectivity index (χ3v) is 2.02. The van der Waals surface area contributed by atoms with Crippen LogP contribution in [0.2, 0.25) is 5.02 Å². The molecule has 0 fully saturated rings. The van der Waals surface area contributed by atoms with Crippen LogP contribution < -0.4 is 5.32 Å². The highest BCUT2D eigenvalue weighted by Crippen LogP contribution is 2.19. The van der Waals surface area contributed by atoms with Gasteiger partial charge in [-0.3, -0.25) is 4.79 Å². The lowest BCUT2D eigenvalue weighted by Gasteiger charge is -2.04. The molecule has 0 aromatic heterocycles. The van der Waals surface area contributed by atoms with Gasteiger partial charge in [0.05, 0.1) is 0 Å². The number of nitrogens with one attached hydrogen (secondary N) is 1. The minimum Gasteiger partial charge on any atom is -0.480 e. The summed E-state index contributed by atoms with van der Waals surface area (Å²) in [4.78, 5) is 10.2. The number of aryl methyl sites for hydroxylation is 1. The summed E-state index contributed by atoms with van der Waals surface area (Å²) in [6.45, 7) is 1.79. The molecular weight excluding hydrogens is 190 g/mol. The first-order valence-corrected chi connectivity index (χ1v) is 4.19. The molecule has 0 unspecified atom stereocenters. The average Bonchev–Trinajstić information content (AvgIpc) is 2.07. The molecule has 0 atom stereocenters. The number of rotatable bonds is 3. The molecule has 70 valence electrons. The van der Waals surface area contributed by atoms with E-state index in [4.69, 9.17) is 16.7 Å². The largest absolute Gasteiger partial charge is 0.480 e. The second-order valence-electron chi connectivity index (χ2n) is 2.71. The van der Waals surface area contributed by atoms with Crippen LogP contribution in [0.1, 0.15) is 5.56 Å². The zero-order valence-electron chi connectivity index (χ0n) is 7.17. The standard InChI is InChI=1S/C9H10ClNO2/c1-6-2-3-7(4-8(6)10)11-5-9(12)13/h2-4,11H,5H2,1H3,(H,12,13). The maximum atomic E-state index is 10.2. The molecule has 4 heteroatoms. The molecule has 0 aliphatic rings. The molecule has 1 aromatic carbocycles. The summed E-state index contributed by atoms with van der Waals surface area (Å²) in [5.41, 5.74) is 1.69. The van der Waals surface area contributed by atoms with Gasteiger partial charge in [0.25, 0.3) is 0 Å². The number of carboxylic acid groups (broad SMARTS) is 1. The topological polar surface area (TPSA) is 49.3 Å². The first-order chi connectivity index (χ1) is 6.09. The maximum Gasteiger partial charge on any atom is 0.322 e. The van der Waals surface area contributed by atoms with Crippen LogP contribution in [0, 0.1) is 6.92 Å². The number of aliphatic carboxylic acids is 1. The summed E-state index contributed by atoms with van der Waals surface area (Å²) < 4.78 is 0. The molecule has 0 radical (unpaired) electrons. The van der Waals surface area contributed by atoms with E-state index in [1.54, 1.807) is 12.1 Å². The van der Waals surface area contributed by atoms with Crippen molar-refractivity contribution in [3.63, 3.8) is 0 Å². The predicted molar refractivity (Wildman–Crippen MR) is 52.3 cm³/mol. The molecule has 0 spiro atoms. The minimum absolute atomic E-state index is 0.0978.